The van der Waals surface area contributed by atoms with Gasteiger partial charge in [-0.1, -0.05) is 37.3 Å². The van der Waals surface area contributed by atoms with Gasteiger partial charge in [-0.25, -0.2) is 0 Å². The largest absolute Gasteiger partial charge is 0.480 e. The molecule has 0 aromatic heterocycles. The lowest BCUT2D eigenvalue weighted by Crippen LogP contribution is -2.57. The van der Waals surface area contributed by atoms with Gasteiger partial charge in [-0.3, -0.25) is 24.0 Å². The summed E-state index contributed by atoms with van der Waals surface area (Å²) in [6, 6.07) is 6.13. The molecule has 34 heavy (non-hydrogen) atoms. The smallest absolute Gasteiger partial charge is 0.322 e. The Morgan fingerprint density at radius 2 is 1.82 bits per heavy atom. The molecule has 182 valence electrons. The number of aliphatic carboxylic acids is 1. The van der Waals surface area contributed by atoms with Crippen LogP contribution in [0.15, 0.2) is 30.3 Å². The molecule has 1 heterocycles. The number of nitrogens with zero attached hydrogens (tertiary/aromatic N) is 1. The fourth-order valence-corrected chi connectivity index (χ4v) is 3.75. The van der Waals surface area contributed by atoms with Crippen molar-refractivity contribution in [2.45, 2.75) is 57.2 Å². The number of carboxylic acid groups (broad SMARTS) is 1. The number of nitrogens with one attached hydrogen (secondary N) is 3. The fourth-order valence-electron chi connectivity index (χ4n) is 3.75. The third kappa shape index (κ3) is 7.62. The van der Waals surface area contributed by atoms with Gasteiger partial charge in [0.15, 0.2) is 0 Å². The molecule has 10 nitrogen and oxygen atoms in total. The first kappa shape index (κ1) is 26.4. The Morgan fingerprint density at radius 1 is 1.12 bits per heavy atom. The van der Waals surface area contributed by atoms with Crippen LogP contribution in [0.3, 0.4) is 0 Å². The molecule has 3 atom stereocenters. The summed E-state index contributed by atoms with van der Waals surface area (Å²) in [6.07, 6.45) is 6.75. The Morgan fingerprint density at radius 3 is 2.44 bits per heavy atom. The zero-order valence-electron chi connectivity index (χ0n) is 19.1. The van der Waals surface area contributed by atoms with Crippen LogP contribution in [0.1, 0.15) is 38.2 Å². The van der Waals surface area contributed by atoms with Crippen LogP contribution in [0.5, 0.6) is 0 Å². The number of carbonyl (C=O) groups excluding carboxylic acids is 4. The lowest BCUT2D eigenvalue weighted by Gasteiger charge is -2.27. The molecule has 4 N–H and O–H groups in total. The predicted molar refractivity (Wildman–Crippen MR) is 123 cm³/mol. The summed E-state index contributed by atoms with van der Waals surface area (Å²) in [6.45, 7) is 1.58. The van der Waals surface area contributed by atoms with E-state index in [1.54, 1.807) is 31.2 Å². The zero-order valence-corrected chi connectivity index (χ0v) is 19.1. The summed E-state index contributed by atoms with van der Waals surface area (Å²) in [5.41, 5.74) is 0.777. The van der Waals surface area contributed by atoms with Crippen molar-refractivity contribution in [3.63, 3.8) is 0 Å². The molecule has 0 spiro atoms. The second kappa shape index (κ2) is 13.0. The maximum absolute atomic E-state index is 13.1. The standard InChI is InChI=1S/C24H30N4O6/c1-3-9-17(22(32)25-15-21(30)31)26-23(33)18(14-16-10-6-5-7-11-16)27-24(34)19-12-8-13-28(19)20(29)4-2/h1,5-7,10-11,17-19H,4,8-9,12-15H2,2H3,(H,25,32)(H,26,33)(H,27,34)(H,30,31). The molecule has 0 bridgehead atoms. The van der Waals surface area contributed by atoms with Gasteiger partial charge in [0.05, 0.1) is 0 Å². The number of carboxylic acids is 1. The van der Waals surface area contributed by atoms with Crippen LogP contribution in [0.4, 0.5) is 0 Å². The van der Waals surface area contributed by atoms with Gasteiger partial charge in [-0.05, 0) is 18.4 Å². The molecule has 0 aliphatic carbocycles. The summed E-state index contributed by atoms with van der Waals surface area (Å²) >= 11 is 0. The van der Waals surface area contributed by atoms with E-state index in [9.17, 15) is 24.0 Å². The van der Waals surface area contributed by atoms with Crippen LogP contribution >= 0.6 is 0 Å². The van der Waals surface area contributed by atoms with E-state index >= 15 is 0 Å². The molecule has 1 aliphatic rings. The number of rotatable bonds is 11. The Kier molecular flexibility index (Phi) is 10.1. The fraction of sp³-hybridized carbons (Fsp3) is 0.458. The average Bonchev–Trinajstić information content (AvgIpc) is 3.32. The number of carbonyl (C=O) groups is 5. The number of hydrogen-bond donors (Lipinski definition) is 4. The van der Waals surface area contributed by atoms with Crippen molar-refractivity contribution in [3.8, 4) is 12.3 Å². The molecule has 0 saturated carbocycles. The minimum atomic E-state index is -1.24. The second-order valence-electron chi connectivity index (χ2n) is 7.93. The lowest BCUT2D eigenvalue weighted by atomic mass is 10.0. The molecular formula is C24H30N4O6. The van der Waals surface area contributed by atoms with Crippen molar-refractivity contribution in [3.05, 3.63) is 35.9 Å². The normalized spacial score (nSPS) is 16.6. The lowest BCUT2D eigenvalue weighted by molar-refractivity contribution is -0.139. The Bertz CT molecular complexity index is 943. The highest BCUT2D eigenvalue weighted by atomic mass is 16.4. The molecule has 2 rings (SSSR count). The molecule has 1 aromatic rings. The van der Waals surface area contributed by atoms with Crippen LogP contribution in [-0.4, -0.2) is 70.8 Å². The minimum Gasteiger partial charge on any atom is -0.480 e. The molecule has 10 heteroatoms. The van der Waals surface area contributed by atoms with E-state index in [1.807, 2.05) is 6.07 Å². The van der Waals surface area contributed by atoms with Crippen molar-refractivity contribution < 1.29 is 29.1 Å². The van der Waals surface area contributed by atoms with Gasteiger partial charge >= 0.3 is 5.97 Å². The van der Waals surface area contributed by atoms with E-state index in [0.717, 1.165) is 5.56 Å². The highest BCUT2D eigenvalue weighted by Gasteiger charge is 2.35. The second-order valence-corrected chi connectivity index (χ2v) is 7.93. The predicted octanol–water partition coefficient (Wildman–Crippen LogP) is -0.176. The molecule has 1 fully saturated rings. The van der Waals surface area contributed by atoms with Gasteiger partial charge in [0.1, 0.15) is 24.7 Å². The quantitative estimate of drug-likeness (QED) is 0.330. The van der Waals surface area contributed by atoms with Crippen molar-refractivity contribution in [2.75, 3.05) is 13.1 Å². The molecule has 1 aromatic carbocycles. The number of likely N-dealkylation sites (tertiary alicyclic amines) is 1. The molecule has 1 saturated heterocycles. The maximum Gasteiger partial charge on any atom is 0.322 e. The summed E-state index contributed by atoms with van der Waals surface area (Å²) in [7, 11) is 0. The third-order valence-corrected chi connectivity index (χ3v) is 5.46. The zero-order chi connectivity index (χ0) is 25.1. The summed E-state index contributed by atoms with van der Waals surface area (Å²) in [5.74, 6) is -0.918. The van der Waals surface area contributed by atoms with Crippen LogP contribution in [0.25, 0.3) is 0 Å². The number of benzene rings is 1. The number of hydrogen-bond acceptors (Lipinski definition) is 5. The molecular weight excluding hydrogens is 440 g/mol. The molecule has 0 radical (unpaired) electrons. The Balaban J connectivity index is 2.18. The van der Waals surface area contributed by atoms with E-state index in [0.29, 0.717) is 19.4 Å². The summed E-state index contributed by atoms with van der Waals surface area (Å²) in [5, 5.41) is 16.2. The van der Waals surface area contributed by atoms with E-state index in [4.69, 9.17) is 11.5 Å². The SMILES string of the molecule is C#CCC(NC(=O)C(Cc1ccccc1)NC(=O)C1CCCN1C(=O)CC)C(=O)NCC(=O)O. The Labute approximate surface area is 198 Å². The Hall–Kier alpha value is -3.87. The summed E-state index contributed by atoms with van der Waals surface area (Å²) < 4.78 is 0. The van der Waals surface area contributed by atoms with Gasteiger partial charge in [-0.2, -0.15) is 0 Å². The first-order valence-electron chi connectivity index (χ1n) is 11.1. The third-order valence-electron chi connectivity index (χ3n) is 5.46. The highest BCUT2D eigenvalue weighted by Crippen LogP contribution is 2.19. The first-order chi connectivity index (χ1) is 16.3. The highest BCUT2D eigenvalue weighted by molar-refractivity contribution is 5.95. The van der Waals surface area contributed by atoms with Crippen molar-refractivity contribution in [1.29, 1.82) is 0 Å². The van der Waals surface area contributed by atoms with E-state index < -0.39 is 48.4 Å². The van der Waals surface area contributed by atoms with Crippen LogP contribution in [-0.2, 0) is 30.4 Å². The van der Waals surface area contributed by atoms with E-state index in [-0.39, 0.29) is 25.2 Å². The minimum absolute atomic E-state index is 0.133. The van der Waals surface area contributed by atoms with Crippen LogP contribution < -0.4 is 16.0 Å². The molecule has 1 aliphatic heterocycles. The van der Waals surface area contributed by atoms with E-state index in [2.05, 4.69) is 21.9 Å². The monoisotopic (exact) mass is 470 g/mol. The van der Waals surface area contributed by atoms with Crippen LogP contribution in [0, 0.1) is 12.3 Å². The van der Waals surface area contributed by atoms with Gasteiger partial charge in [0, 0.05) is 25.8 Å². The molecule has 3 unspecified atom stereocenters. The number of amides is 4. The average molecular weight is 471 g/mol. The van der Waals surface area contributed by atoms with Gasteiger partial charge in [-0.15, -0.1) is 12.3 Å². The summed E-state index contributed by atoms with van der Waals surface area (Å²) in [4.78, 5) is 63.0. The number of terminal acetylenes is 1. The topological polar surface area (TPSA) is 145 Å². The maximum atomic E-state index is 13.1. The van der Waals surface area contributed by atoms with Crippen LogP contribution in [0.2, 0.25) is 0 Å². The van der Waals surface area contributed by atoms with Gasteiger partial charge in [0.25, 0.3) is 0 Å². The van der Waals surface area contributed by atoms with Crippen molar-refractivity contribution in [1.82, 2.24) is 20.9 Å². The van der Waals surface area contributed by atoms with Gasteiger partial charge in [0.2, 0.25) is 23.6 Å². The van der Waals surface area contributed by atoms with Crippen molar-refractivity contribution >= 4 is 29.6 Å². The van der Waals surface area contributed by atoms with Gasteiger partial charge < -0.3 is 26.0 Å². The van der Waals surface area contributed by atoms with E-state index in [1.165, 1.54) is 4.90 Å². The van der Waals surface area contributed by atoms with Crippen molar-refractivity contribution in [2.24, 2.45) is 0 Å². The molecule has 4 amide bonds. The first-order valence-corrected chi connectivity index (χ1v) is 11.1.